The number of carbonyl (C=O) groups is 4. The molecule has 2 amide bonds. The Bertz CT molecular complexity index is 1750. The smallest absolute Gasteiger partial charge is 0.270 e. The highest BCUT2D eigenvalue weighted by molar-refractivity contribution is 6.33. The van der Waals surface area contributed by atoms with Crippen LogP contribution in [0.3, 0.4) is 0 Å². The van der Waals surface area contributed by atoms with E-state index >= 15 is 0 Å². The zero-order valence-electron chi connectivity index (χ0n) is 22.3. The van der Waals surface area contributed by atoms with Crippen molar-refractivity contribution in [2.45, 2.75) is 5.92 Å². The second-order valence-corrected chi connectivity index (χ2v) is 10.6. The number of carbonyl (C=O) groups excluding carboxylic acids is 4. The molecule has 1 aromatic heterocycles. The van der Waals surface area contributed by atoms with Gasteiger partial charge in [-0.25, -0.2) is 0 Å². The number of Topliss-reactive ketones (excluding diaryl/α,β-unsaturated/α-hetero) is 2. The van der Waals surface area contributed by atoms with Crippen LogP contribution in [-0.2, 0) is 9.59 Å². The van der Waals surface area contributed by atoms with Crippen LogP contribution >= 0.6 is 11.6 Å². The van der Waals surface area contributed by atoms with Crippen molar-refractivity contribution in [3.8, 4) is 11.3 Å². The quantitative estimate of drug-likeness (QED) is 0.171. The number of halogens is 1. The van der Waals surface area contributed by atoms with E-state index < -0.39 is 46.1 Å². The Kier molecular flexibility index (Phi) is 6.50. The van der Waals surface area contributed by atoms with E-state index in [2.05, 4.69) is 0 Å². The molecule has 0 aliphatic carbocycles. The zero-order valence-corrected chi connectivity index (χ0v) is 23.1. The van der Waals surface area contributed by atoms with Gasteiger partial charge in [-0.3, -0.25) is 29.3 Å². The van der Waals surface area contributed by atoms with Crippen molar-refractivity contribution in [3.05, 3.63) is 111 Å². The maximum atomic E-state index is 14.0. The Morgan fingerprint density at radius 2 is 1.29 bits per heavy atom. The van der Waals surface area contributed by atoms with Gasteiger partial charge in [0.15, 0.2) is 11.6 Å². The SMILES string of the molecule is CN1C(=O)C(C(c2ccc(-c3ccc([N+](=O)[O-])cc3Cl)o2)C2C(=O)c3ccccc3N(C)C2=O)C(=O)c2ccccc21. The molecule has 0 fully saturated rings. The summed E-state index contributed by atoms with van der Waals surface area (Å²) in [4.78, 5) is 69.0. The summed E-state index contributed by atoms with van der Waals surface area (Å²) in [6.07, 6.45) is 0. The molecule has 0 radical (unpaired) electrons. The molecule has 4 aromatic rings. The summed E-state index contributed by atoms with van der Waals surface area (Å²) in [5.74, 6) is -6.21. The molecule has 2 atom stereocenters. The van der Waals surface area contributed by atoms with Crippen LogP contribution in [-0.4, -0.2) is 42.4 Å². The number of ketones is 2. The molecule has 3 aromatic carbocycles. The lowest BCUT2D eigenvalue weighted by Crippen LogP contribution is -2.52. The van der Waals surface area contributed by atoms with Crippen LogP contribution in [0.5, 0.6) is 0 Å². The molecule has 2 unspecified atom stereocenters. The molecule has 0 saturated heterocycles. The number of nitrogens with zero attached hydrogens (tertiary/aromatic N) is 3. The number of hydrogen-bond donors (Lipinski definition) is 0. The van der Waals surface area contributed by atoms with E-state index in [1.807, 2.05) is 0 Å². The lowest BCUT2D eigenvalue weighted by molar-refractivity contribution is -0.384. The van der Waals surface area contributed by atoms with Gasteiger partial charge >= 0.3 is 0 Å². The number of rotatable bonds is 5. The van der Waals surface area contributed by atoms with E-state index in [4.69, 9.17) is 16.0 Å². The molecule has 42 heavy (non-hydrogen) atoms. The summed E-state index contributed by atoms with van der Waals surface area (Å²) < 4.78 is 6.16. The molecule has 11 heteroatoms. The predicted molar refractivity (Wildman–Crippen MR) is 154 cm³/mol. The minimum Gasteiger partial charge on any atom is -0.461 e. The molecular formula is C31H22ClN3O7. The van der Waals surface area contributed by atoms with Gasteiger partial charge < -0.3 is 14.2 Å². The van der Waals surface area contributed by atoms with E-state index in [9.17, 15) is 29.3 Å². The highest BCUT2D eigenvalue weighted by Gasteiger charge is 2.53. The van der Waals surface area contributed by atoms with Gasteiger partial charge in [-0.15, -0.1) is 0 Å². The first-order valence-corrected chi connectivity index (χ1v) is 13.3. The minimum absolute atomic E-state index is 0.0404. The van der Waals surface area contributed by atoms with Crippen molar-refractivity contribution in [2.24, 2.45) is 11.8 Å². The summed E-state index contributed by atoms with van der Waals surface area (Å²) in [7, 11) is 3.07. The van der Waals surface area contributed by atoms with Crippen LogP contribution in [0.15, 0.2) is 83.3 Å². The molecular weight excluding hydrogens is 562 g/mol. The summed E-state index contributed by atoms with van der Waals surface area (Å²) >= 11 is 6.34. The molecule has 10 nitrogen and oxygen atoms in total. The van der Waals surface area contributed by atoms with E-state index in [0.717, 1.165) is 0 Å². The molecule has 6 rings (SSSR count). The van der Waals surface area contributed by atoms with Gasteiger partial charge in [-0.05, 0) is 42.5 Å². The third-order valence-corrected chi connectivity index (χ3v) is 8.24. The summed E-state index contributed by atoms with van der Waals surface area (Å²) in [6, 6.07) is 20.2. The number of hydrogen-bond acceptors (Lipinski definition) is 7. The normalized spacial score (nSPS) is 19.0. The highest BCUT2D eigenvalue weighted by atomic mass is 35.5. The average Bonchev–Trinajstić information content (AvgIpc) is 3.47. The third-order valence-electron chi connectivity index (χ3n) is 7.92. The van der Waals surface area contributed by atoms with Crippen molar-refractivity contribution in [2.75, 3.05) is 23.9 Å². The maximum Gasteiger partial charge on any atom is 0.270 e. The van der Waals surface area contributed by atoms with Crippen molar-refractivity contribution in [1.82, 2.24) is 0 Å². The van der Waals surface area contributed by atoms with Crippen molar-refractivity contribution < 1.29 is 28.5 Å². The monoisotopic (exact) mass is 583 g/mol. The fourth-order valence-electron chi connectivity index (χ4n) is 5.81. The Morgan fingerprint density at radius 1 is 0.762 bits per heavy atom. The first-order valence-electron chi connectivity index (χ1n) is 13.0. The Balaban J connectivity index is 1.53. The lowest BCUT2D eigenvalue weighted by Gasteiger charge is -2.39. The van der Waals surface area contributed by atoms with E-state index in [0.29, 0.717) is 16.9 Å². The van der Waals surface area contributed by atoms with Gasteiger partial charge in [-0.1, -0.05) is 35.9 Å². The van der Waals surface area contributed by atoms with Crippen LogP contribution in [0, 0.1) is 22.0 Å². The maximum absolute atomic E-state index is 14.0. The first-order chi connectivity index (χ1) is 20.1. The average molecular weight is 584 g/mol. The fraction of sp³-hybridized carbons (Fsp3) is 0.161. The number of non-ortho nitro benzene ring substituents is 1. The second-order valence-electron chi connectivity index (χ2n) is 10.2. The largest absolute Gasteiger partial charge is 0.461 e. The van der Waals surface area contributed by atoms with E-state index in [-0.39, 0.29) is 33.4 Å². The number of nitro groups is 1. The van der Waals surface area contributed by atoms with Gasteiger partial charge in [0.1, 0.15) is 23.4 Å². The number of anilines is 2. The molecule has 210 valence electrons. The molecule has 0 saturated carbocycles. The van der Waals surface area contributed by atoms with Crippen molar-refractivity contribution in [3.63, 3.8) is 0 Å². The van der Waals surface area contributed by atoms with Crippen molar-refractivity contribution >= 4 is 52.0 Å². The number of fused-ring (bicyclic) bond motifs is 2. The molecule has 0 spiro atoms. The van der Waals surface area contributed by atoms with Gasteiger partial charge in [0.25, 0.3) is 5.69 Å². The first kappa shape index (κ1) is 27.1. The van der Waals surface area contributed by atoms with Crippen LogP contribution in [0.4, 0.5) is 17.1 Å². The number of furan rings is 1. The topological polar surface area (TPSA) is 131 Å². The molecule has 2 aliphatic heterocycles. The Morgan fingerprint density at radius 3 is 1.79 bits per heavy atom. The van der Waals surface area contributed by atoms with Gasteiger partial charge in [0.05, 0.1) is 27.2 Å². The van der Waals surface area contributed by atoms with E-state index in [1.54, 1.807) is 48.5 Å². The Labute approximate surface area is 244 Å². The standard InChI is InChI=1S/C31H22ClN3O7/c1-33-21-9-5-3-7-18(21)28(36)26(30(33)38)25(27-29(37)19-8-4-6-10-22(19)34(2)31(27)39)24-14-13-23(42-24)17-12-11-16(35(40)41)15-20(17)32/h3-15,25-27H,1-2H3. The molecule has 3 heterocycles. The zero-order chi connectivity index (χ0) is 29.9. The fourth-order valence-corrected chi connectivity index (χ4v) is 6.08. The number of amides is 2. The van der Waals surface area contributed by atoms with Gasteiger partial charge in [-0.2, -0.15) is 0 Å². The van der Waals surface area contributed by atoms with Crippen LogP contribution < -0.4 is 9.80 Å². The summed E-state index contributed by atoms with van der Waals surface area (Å²) in [5.41, 5.74) is 1.51. The van der Waals surface area contributed by atoms with Crippen molar-refractivity contribution in [1.29, 1.82) is 0 Å². The molecule has 0 N–H and O–H groups in total. The molecule has 0 bridgehead atoms. The number of nitro benzene ring substituents is 1. The van der Waals surface area contributed by atoms with Gasteiger partial charge in [0.2, 0.25) is 11.8 Å². The number of para-hydroxylation sites is 2. The second kappa shape index (κ2) is 10.1. The lowest BCUT2D eigenvalue weighted by atomic mass is 9.70. The summed E-state index contributed by atoms with van der Waals surface area (Å²) in [5, 5.41) is 11.2. The number of benzene rings is 3. The molecule has 2 aliphatic rings. The predicted octanol–water partition coefficient (Wildman–Crippen LogP) is 5.54. The van der Waals surface area contributed by atoms with Crippen LogP contribution in [0.25, 0.3) is 11.3 Å². The minimum atomic E-state index is -1.45. The summed E-state index contributed by atoms with van der Waals surface area (Å²) in [6.45, 7) is 0. The van der Waals surface area contributed by atoms with Crippen LogP contribution in [0.1, 0.15) is 32.4 Å². The van der Waals surface area contributed by atoms with Crippen LogP contribution in [0.2, 0.25) is 5.02 Å². The highest BCUT2D eigenvalue weighted by Crippen LogP contribution is 2.46. The third kappa shape index (κ3) is 4.10. The Hall–Kier alpha value is -5.09. The van der Waals surface area contributed by atoms with Gasteiger partial charge in [0, 0.05) is 42.9 Å². The van der Waals surface area contributed by atoms with E-state index in [1.165, 1.54) is 54.2 Å².